The molecule has 0 fully saturated rings. The lowest BCUT2D eigenvalue weighted by atomic mass is 10.1. The molecule has 1 aromatic heterocycles. The van der Waals surface area contributed by atoms with Crippen molar-refractivity contribution in [2.24, 2.45) is 0 Å². The predicted molar refractivity (Wildman–Crippen MR) is 70.8 cm³/mol. The van der Waals surface area contributed by atoms with E-state index in [1.165, 1.54) is 12.1 Å². The Kier molecular flexibility index (Phi) is 4.57. The van der Waals surface area contributed by atoms with Crippen molar-refractivity contribution in [1.29, 1.82) is 0 Å². The van der Waals surface area contributed by atoms with E-state index in [0.29, 0.717) is 0 Å². The summed E-state index contributed by atoms with van der Waals surface area (Å²) in [5, 5.41) is 11.9. The van der Waals surface area contributed by atoms with Crippen LogP contribution < -0.4 is 0 Å². The highest BCUT2D eigenvalue weighted by molar-refractivity contribution is 9.10. The van der Waals surface area contributed by atoms with Gasteiger partial charge in [-0.25, -0.2) is 0 Å². The van der Waals surface area contributed by atoms with Gasteiger partial charge in [-0.15, -0.1) is 0 Å². The van der Waals surface area contributed by atoms with E-state index < -0.39 is 17.7 Å². The van der Waals surface area contributed by atoms with Gasteiger partial charge >= 0.3 is 12.1 Å². The summed E-state index contributed by atoms with van der Waals surface area (Å²) >= 11 is 3.70. The number of hydrogen-bond acceptors (Lipinski definition) is 5. The third-order valence-electron chi connectivity index (χ3n) is 2.25. The lowest BCUT2D eigenvalue weighted by Gasteiger charge is -2.10. The van der Waals surface area contributed by atoms with Crippen molar-refractivity contribution >= 4 is 33.7 Å². The summed E-state index contributed by atoms with van der Waals surface area (Å²) in [7, 11) is 0. The van der Waals surface area contributed by atoms with Gasteiger partial charge in [0, 0.05) is 10.0 Å². The average molecular weight is 383 g/mol. The van der Waals surface area contributed by atoms with Gasteiger partial charge in [0.15, 0.2) is 0 Å². The van der Waals surface area contributed by atoms with Crippen LogP contribution in [0.5, 0.6) is 0 Å². The van der Waals surface area contributed by atoms with E-state index >= 15 is 0 Å². The number of halogens is 4. The zero-order valence-electron chi connectivity index (χ0n) is 10.0. The molecule has 2 aromatic rings. The highest BCUT2D eigenvalue weighted by Gasteiger charge is 2.35. The SMILES string of the molecule is O=C(O)CSc1nc(-c2ccc(Br)cc2C(F)(F)F)no1. The molecule has 1 heterocycles. The Morgan fingerprint density at radius 2 is 2.14 bits per heavy atom. The van der Waals surface area contributed by atoms with Crippen molar-refractivity contribution in [3.63, 3.8) is 0 Å². The van der Waals surface area contributed by atoms with Gasteiger partial charge < -0.3 is 9.63 Å². The number of carboxylic acids is 1. The molecule has 0 saturated heterocycles. The molecule has 0 aliphatic carbocycles. The molecule has 1 N–H and O–H groups in total. The number of carboxylic acid groups (broad SMARTS) is 1. The Morgan fingerprint density at radius 3 is 2.76 bits per heavy atom. The maximum Gasteiger partial charge on any atom is 0.417 e. The van der Waals surface area contributed by atoms with Gasteiger partial charge in [-0.1, -0.05) is 32.8 Å². The second kappa shape index (κ2) is 6.06. The Balaban J connectivity index is 2.36. The minimum atomic E-state index is -4.58. The van der Waals surface area contributed by atoms with E-state index in [9.17, 15) is 18.0 Å². The maximum absolute atomic E-state index is 13.0. The van der Waals surface area contributed by atoms with Crippen LogP contribution in [0.15, 0.2) is 32.4 Å². The van der Waals surface area contributed by atoms with Crippen LogP contribution in [0.2, 0.25) is 0 Å². The summed E-state index contributed by atoms with van der Waals surface area (Å²) in [6, 6.07) is 3.55. The van der Waals surface area contributed by atoms with Crippen LogP contribution in [-0.4, -0.2) is 27.0 Å². The standard InChI is InChI=1S/C11H6BrF3N2O3S/c12-5-1-2-6(7(3-5)11(13,14)15)9-16-10(20-17-9)21-4-8(18)19/h1-3H,4H2,(H,18,19). The number of aliphatic carboxylic acids is 1. The molecule has 5 nitrogen and oxygen atoms in total. The Bertz CT molecular complexity index is 675. The van der Waals surface area contributed by atoms with Crippen LogP contribution in [0.4, 0.5) is 13.2 Å². The first kappa shape index (κ1) is 15.8. The number of nitrogens with zero attached hydrogens (tertiary/aromatic N) is 2. The van der Waals surface area contributed by atoms with E-state index in [1.807, 2.05) is 0 Å². The zero-order chi connectivity index (χ0) is 15.6. The lowest BCUT2D eigenvalue weighted by Crippen LogP contribution is -2.07. The summed E-state index contributed by atoms with van der Waals surface area (Å²) in [6.07, 6.45) is -4.58. The Labute approximate surface area is 128 Å². The fourth-order valence-electron chi connectivity index (χ4n) is 1.45. The normalized spacial score (nSPS) is 11.6. The number of thioether (sulfide) groups is 1. The minimum Gasteiger partial charge on any atom is -0.481 e. The average Bonchev–Trinajstić information content (AvgIpc) is 2.84. The van der Waals surface area contributed by atoms with Crippen molar-refractivity contribution < 1.29 is 27.6 Å². The van der Waals surface area contributed by atoms with Crippen LogP contribution in [0, 0.1) is 0 Å². The lowest BCUT2D eigenvalue weighted by molar-refractivity contribution is -0.137. The van der Waals surface area contributed by atoms with Crippen molar-refractivity contribution in [1.82, 2.24) is 10.1 Å². The van der Waals surface area contributed by atoms with Gasteiger partial charge in [0.25, 0.3) is 5.22 Å². The number of hydrogen-bond donors (Lipinski definition) is 1. The van der Waals surface area contributed by atoms with E-state index in [4.69, 9.17) is 9.63 Å². The van der Waals surface area contributed by atoms with E-state index in [0.717, 1.165) is 17.8 Å². The van der Waals surface area contributed by atoms with Crippen LogP contribution in [0.25, 0.3) is 11.4 Å². The summed E-state index contributed by atoms with van der Waals surface area (Å²) in [5.74, 6) is -1.67. The van der Waals surface area contributed by atoms with Crippen LogP contribution >= 0.6 is 27.7 Å². The minimum absolute atomic E-state index is 0.108. The van der Waals surface area contributed by atoms with Crippen molar-refractivity contribution in [2.45, 2.75) is 11.4 Å². The third-order valence-corrected chi connectivity index (χ3v) is 3.55. The first-order valence-corrected chi connectivity index (χ1v) is 7.10. The van der Waals surface area contributed by atoms with Gasteiger partial charge in [-0.2, -0.15) is 18.2 Å². The highest BCUT2D eigenvalue weighted by Crippen LogP contribution is 2.38. The van der Waals surface area contributed by atoms with E-state index in [1.54, 1.807) is 0 Å². The predicted octanol–water partition coefficient (Wildman–Crippen LogP) is 3.69. The Morgan fingerprint density at radius 1 is 1.43 bits per heavy atom. The fourth-order valence-corrected chi connectivity index (χ4v) is 2.30. The number of aromatic nitrogens is 2. The largest absolute Gasteiger partial charge is 0.481 e. The quantitative estimate of drug-likeness (QED) is 0.812. The first-order chi connectivity index (χ1) is 9.77. The number of alkyl halides is 3. The van der Waals surface area contributed by atoms with Gasteiger partial charge in [0.05, 0.1) is 5.56 Å². The van der Waals surface area contributed by atoms with Gasteiger partial charge in [0.1, 0.15) is 5.75 Å². The molecule has 0 radical (unpaired) electrons. The molecule has 0 saturated carbocycles. The molecule has 112 valence electrons. The molecular formula is C11H6BrF3N2O3S. The molecular weight excluding hydrogens is 377 g/mol. The maximum atomic E-state index is 13.0. The molecule has 0 bridgehead atoms. The molecule has 0 atom stereocenters. The summed E-state index contributed by atoms with van der Waals surface area (Å²) in [4.78, 5) is 14.2. The number of rotatable bonds is 4. The van der Waals surface area contributed by atoms with Gasteiger partial charge in [0.2, 0.25) is 5.82 Å². The van der Waals surface area contributed by atoms with Crippen LogP contribution in [0.1, 0.15) is 5.56 Å². The summed E-state index contributed by atoms with van der Waals surface area (Å²) in [6.45, 7) is 0. The molecule has 2 rings (SSSR count). The second-order valence-corrected chi connectivity index (χ2v) is 5.60. The highest BCUT2D eigenvalue weighted by atomic mass is 79.9. The topological polar surface area (TPSA) is 76.2 Å². The third kappa shape index (κ3) is 3.97. The molecule has 10 heteroatoms. The first-order valence-electron chi connectivity index (χ1n) is 5.33. The number of benzene rings is 1. The fraction of sp³-hybridized carbons (Fsp3) is 0.182. The monoisotopic (exact) mass is 382 g/mol. The summed E-state index contributed by atoms with van der Waals surface area (Å²) < 4.78 is 43.9. The smallest absolute Gasteiger partial charge is 0.417 e. The molecule has 0 aliphatic heterocycles. The van der Waals surface area contributed by atoms with Crippen LogP contribution in [-0.2, 0) is 11.0 Å². The molecule has 1 aromatic carbocycles. The van der Waals surface area contributed by atoms with Gasteiger partial charge in [-0.05, 0) is 18.2 Å². The zero-order valence-corrected chi connectivity index (χ0v) is 12.4. The Hall–Kier alpha value is -1.55. The van der Waals surface area contributed by atoms with Crippen molar-refractivity contribution in [2.75, 3.05) is 5.75 Å². The molecule has 0 spiro atoms. The second-order valence-electron chi connectivity index (χ2n) is 3.75. The molecule has 21 heavy (non-hydrogen) atoms. The molecule has 0 unspecified atom stereocenters. The molecule has 0 amide bonds. The summed E-state index contributed by atoms with van der Waals surface area (Å²) in [5.41, 5.74) is -1.15. The number of carbonyl (C=O) groups is 1. The van der Waals surface area contributed by atoms with Gasteiger partial charge in [-0.3, -0.25) is 4.79 Å². The van der Waals surface area contributed by atoms with Crippen molar-refractivity contribution in [3.8, 4) is 11.4 Å². The van der Waals surface area contributed by atoms with E-state index in [-0.39, 0.29) is 26.8 Å². The van der Waals surface area contributed by atoms with Crippen molar-refractivity contribution in [3.05, 3.63) is 28.2 Å². The van der Waals surface area contributed by atoms with Crippen LogP contribution in [0.3, 0.4) is 0 Å². The van der Waals surface area contributed by atoms with E-state index in [2.05, 4.69) is 26.1 Å². The molecule has 0 aliphatic rings.